The number of fused-ring (bicyclic) bond motifs is 1. The van der Waals surface area contributed by atoms with Crippen LogP contribution in [-0.4, -0.2) is 35.8 Å². The third-order valence-electron chi connectivity index (χ3n) is 4.89. The maximum absolute atomic E-state index is 13.4. The zero-order chi connectivity index (χ0) is 17.4. The smallest absolute Gasteiger partial charge is 0.252 e. The quantitative estimate of drug-likeness (QED) is 0.845. The molecular formula is C20H18FNO3. The predicted octanol–water partition coefficient (Wildman–Crippen LogP) is 2.66. The zero-order valence-corrected chi connectivity index (χ0v) is 13.7. The molecule has 2 aromatic rings. The van der Waals surface area contributed by atoms with Gasteiger partial charge >= 0.3 is 0 Å². The first-order valence-electron chi connectivity index (χ1n) is 8.40. The molecule has 2 heterocycles. The maximum Gasteiger partial charge on any atom is 0.252 e. The minimum atomic E-state index is -0.708. The van der Waals surface area contributed by atoms with Gasteiger partial charge in [0.1, 0.15) is 18.5 Å². The van der Waals surface area contributed by atoms with Gasteiger partial charge in [0.2, 0.25) is 0 Å². The van der Waals surface area contributed by atoms with Crippen molar-refractivity contribution < 1.29 is 18.7 Å². The minimum absolute atomic E-state index is 0.00203. The summed E-state index contributed by atoms with van der Waals surface area (Å²) >= 11 is 0. The second kappa shape index (κ2) is 6.41. The van der Waals surface area contributed by atoms with Crippen molar-refractivity contribution >= 4 is 11.7 Å². The topological polar surface area (TPSA) is 46.6 Å². The van der Waals surface area contributed by atoms with Crippen molar-refractivity contribution in [3.63, 3.8) is 0 Å². The van der Waals surface area contributed by atoms with Crippen molar-refractivity contribution in [3.8, 4) is 0 Å². The lowest BCUT2D eigenvalue weighted by Crippen LogP contribution is -2.45. The highest BCUT2D eigenvalue weighted by atomic mass is 19.1. The number of ketones is 1. The summed E-state index contributed by atoms with van der Waals surface area (Å²) in [7, 11) is 0. The summed E-state index contributed by atoms with van der Waals surface area (Å²) in [5.74, 6) is -0.529. The van der Waals surface area contributed by atoms with E-state index in [2.05, 4.69) is 6.07 Å². The fourth-order valence-electron chi connectivity index (χ4n) is 3.67. The zero-order valence-electron chi connectivity index (χ0n) is 13.7. The lowest BCUT2D eigenvalue weighted by molar-refractivity contribution is -0.143. The highest BCUT2D eigenvalue weighted by Gasteiger charge is 2.38. The first-order valence-corrected chi connectivity index (χ1v) is 8.40. The molecule has 1 amide bonds. The Labute approximate surface area is 145 Å². The Morgan fingerprint density at radius 2 is 1.88 bits per heavy atom. The van der Waals surface area contributed by atoms with E-state index >= 15 is 0 Å². The number of ether oxygens (including phenoxy) is 1. The standard InChI is InChI=1S/C20H18FNO3/c21-15-7-5-14(6-8-15)19-17-4-2-1-3-13(17)9-10-22(19)20(24)18-11-16(23)12-25-18/h1-8,18-19H,9-12H2/t18?,19-/m0/s1. The lowest BCUT2D eigenvalue weighted by atomic mass is 9.87. The van der Waals surface area contributed by atoms with Gasteiger partial charge in [-0.3, -0.25) is 9.59 Å². The van der Waals surface area contributed by atoms with Crippen molar-refractivity contribution in [1.29, 1.82) is 0 Å². The number of nitrogens with zero attached hydrogens (tertiary/aromatic N) is 1. The van der Waals surface area contributed by atoms with Gasteiger partial charge in [-0.2, -0.15) is 0 Å². The summed E-state index contributed by atoms with van der Waals surface area (Å²) in [6.07, 6.45) is 0.175. The van der Waals surface area contributed by atoms with Crippen LogP contribution < -0.4 is 0 Å². The van der Waals surface area contributed by atoms with Crippen LogP contribution in [0.4, 0.5) is 4.39 Å². The molecule has 25 heavy (non-hydrogen) atoms. The van der Waals surface area contributed by atoms with Crippen molar-refractivity contribution in [3.05, 3.63) is 71.0 Å². The highest BCUT2D eigenvalue weighted by Crippen LogP contribution is 2.36. The average Bonchev–Trinajstić information content (AvgIpc) is 3.07. The van der Waals surface area contributed by atoms with E-state index in [1.54, 1.807) is 17.0 Å². The van der Waals surface area contributed by atoms with E-state index in [1.807, 2.05) is 18.2 Å². The number of hydrogen-bond acceptors (Lipinski definition) is 3. The van der Waals surface area contributed by atoms with E-state index in [0.717, 1.165) is 17.5 Å². The van der Waals surface area contributed by atoms with Gasteiger partial charge in [0.05, 0.1) is 6.04 Å². The number of carbonyl (C=O) groups is 2. The Balaban J connectivity index is 1.73. The number of hydrogen-bond donors (Lipinski definition) is 0. The van der Waals surface area contributed by atoms with Gasteiger partial charge in [-0.25, -0.2) is 4.39 Å². The third-order valence-corrected chi connectivity index (χ3v) is 4.89. The molecule has 0 aromatic heterocycles. The van der Waals surface area contributed by atoms with E-state index < -0.39 is 6.10 Å². The number of amides is 1. The molecule has 0 bridgehead atoms. The summed E-state index contributed by atoms with van der Waals surface area (Å²) in [6, 6.07) is 13.9. The molecule has 128 valence electrons. The number of rotatable bonds is 2. The second-order valence-electron chi connectivity index (χ2n) is 6.48. The van der Waals surface area contributed by atoms with Crippen LogP contribution in [0.25, 0.3) is 0 Å². The van der Waals surface area contributed by atoms with Gasteiger partial charge in [-0.1, -0.05) is 36.4 Å². The Hall–Kier alpha value is -2.53. The van der Waals surface area contributed by atoms with Gasteiger partial charge in [0, 0.05) is 13.0 Å². The van der Waals surface area contributed by atoms with Crippen molar-refractivity contribution in [2.45, 2.75) is 25.0 Å². The number of benzene rings is 2. The van der Waals surface area contributed by atoms with E-state index in [4.69, 9.17) is 4.74 Å². The molecule has 5 heteroatoms. The number of halogens is 1. The summed E-state index contributed by atoms with van der Waals surface area (Å²) in [6.45, 7) is 0.550. The lowest BCUT2D eigenvalue weighted by Gasteiger charge is -2.38. The van der Waals surface area contributed by atoms with Gasteiger partial charge in [0.15, 0.2) is 5.78 Å². The monoisotopic (exact) mass is 339 g/mol. The molecular weight excluding hydrogens is 321 g/mol. The molecule has 2 atom stereocenters. The fourth-order valence-corrected chi connectivity index (χ4v) is 3.67. The van der Waals surface area contributed by atoms with Gasteiger partial charge in [-0.05, 0) is 35.2 Å². The molecule has 2 aliphatic rings. The summed E-state index contributed by atoms with van der Waals surface area (Å²) in [5.41, 5.74) is 3.08. The van der Waals surface area contributed by atoms with Crippen LogP contribution in [0.1, 0.15) is 29.2 Å². The van der Waals surface area contributed by atoms with Crippen molar-refractivity contribution in [2.24, 2.45) is 0 Å². The summed E-state index contributed by atoms with van der Waals surface area (Å²) in [5, 5.41) is 0. The molecule has 0 N–H and O–H groups in total. The first-order chi connectivity index (χ1) is 12.1. The Morgan fingerprint density at radius 1 is 1.12 bits per heavy atom. The Bertz CT molecular complexity index is 818. The van der Waals surface area contributed by atoms with Crippen molar-refractivity contribution in [2.75, 3.05) is 13.2 Å². The molecule has 2 aliphatic heterocycles. The SMILES string of the molecule is O=C1COC(C(=O)N2CCc3ccccc3[C@@H]2c2ccc(F)cc2)C1. The summed E-state index contributed by atoms with van der Waals surface area (Å²) < 4.78 is 18.7. The minimum Gasteiger partial charge on any atom is -0.360 e. The molecule has 1 saturated heterocycles. The maximum atomic E-state index is 13.4. The van der Waals surface area contributed by atoms with Crippen LogP contribution in [0.15, 0.2) is 48.5 Å². The van der Waals surface area contributed by atoms with E-state index in [0.29, 0.717) is 6.54 Å². The molecule has 0 radical (unpaired) electrons. The molecule has 0 aliphatic carbocycles. The summed E-state index contributed by atoms with van der Waals surface area (Å²) in [4.78, 5) is 26.2. The van der Waals surface area contributed by atoms with E-state index in [9.17, 15) is 14.0 Å². The van der Waals surface area contributed by atoms with Crippen molar-refractivity contribution in [1.82, 2.24) is 4.90 Å². The van der Waals surface area contributed by atoms with Crippen LogP contribution in [0, 0.1) is 5.82 Å². The van der Waals surface area contributed by atoms with Gasteiger partial charge < -0.3 is 9.64 Å². The first kappa shape index (κ1) is 16.0. The average molecular weight is 339 g/mol. The van der Waals surface area contributed by atoms with E-state index in [-0.39, 0.29) is 36.6 Å². The molecule has 4 nitrogen and oxygen atoms in total. The molecule has 0 spiro atoms. The van der Waals surface area contributed by atoms with Gasteiger partial charge in [0.25, 0.3) is 5.91 Å². The number of carbonyl (C=O) groups excluding carboxylic acids is 2. The third kappa shape index (κ3) is 2.96. The fraction of sp³-hybridized carbons (Fsp3) is 0.300. The highest BCUT2D eigenvalue weighted by molar-refractivity contribution is 5.92. The predicted molar refractivity (Wildman–Crippen MR) is 89.5 cm³/mol. The molecule has 1 fully saturated rings. The van der Waals surface area contributed by atoms with Crippen LogP contribution in [0.2, 0.25) is 0 Å². The van der Waals surface area contributed by atoms with Crippen LogP contribution in [0.5, 0.6) is 0 Å². The molecule has 0 saturated carbocycles. The van der Waals surface area contributed by atoms with Crippen LogP contribution in [-0.2, 0) is 20.7 Å². The van der Waals surface area contributed by atoms with E-state index in [1.165, 1.54) is 17.7 Å². The largest absolute Gasteiger partial charge is 0.360 e. The molecule has 2 aromatic carbocycles. The second-order valence-corrected chi connectivity index (χ2v) is 6.48. The molecule has 1 unspecified atom stereocenters. The van der Waals surface area contributed by atoms with Crippen LogP contribution in [0.3, 0.4) is 0 Å². The normalized spacial score (nSPS) is 22.8. The molecule has 4 rings (SSSR count). The Morgan fingerprint density at radius 3 is 2.60 bits per heavy atom. The van der Waals surface area contributed by atoms with Gasteiger partial charge in [-0.15, -0.1) is 0 Å². The Kier molecular flexibility index (Phi) is 4.09. The van der Waals surface area contributed by atoms with Crippen LogP contribution >= 0.6 is 0 Å². The number of Topliss-reactive ketones (excluding diaryl/α,β-unsaturated/α-hetero) is 1.